The number of hydrogen-bond acceptors (Lipinski definition) is 4. The molecule has 5 heteroatoms. The molecule has 0 amide bonds. The van der Waals surface area contributed by atoms with E-state index >= 15 is 0 Å². The fourth-order valence-corrected chi connectivity index (χ4v) is 1.08. The number of carboxylic acids is 1. The minimum atomic E-state index is -0.939. The summed E-state index contributed by atoms with van der Waals surface area (Å²) in [5.41, 5.74) is 0. The number of carbonyl (C=O) groups is 1. The minimum absolute atomic E-state index is 0.0334. The van der Waals surface area contributed by atoms with Gasteiger partial charge in [0.2, 0.25) is 0 Å². The number of rotatable bonds is 9. The highest BCUT2D eigenvalue weighted by atomic mass is 16.5. The van der Waals surface area contributed by atoms with Gasteiger partial charge in [-0.05, 0) is 12.3 Å². The van der Waals surface area contributed by atoms with Gasteiger partial charge in [0.05, 0.1) is 26.4 Å². The molecule has 15 heavy (non-hydrogen) atoms. The van der Waals surface area contributed by atoms with E-state index < -0.39 is 12.1 Å². The van der Waals surface area contributed by atoms with E-state index in [1.165, 1.54) is 0 Å². The van der Waals surface area contributed by atoms with E-state index in [1.807, 2.05) is 13.8 Å². The number of aliphatic hydroxyl groups is 1. The third kappa shape index (κ3) is 8.35. The van der Waals surface area contributed by atoms with Gasteiger partial charge in [-0.3, -0.25) is 0 Å². The molecule has 0 aromatic rings. The second-order valence-electron chi connectivity index (χ2n) is 3.66. The summed E-state index contributed by atoms with van der Waals surface area (Å²) in [7, 11) is 0. The SMILES string of the molecule is CC(C)CC(OCCOCCO)C(=O)O. The molecule has 0 aliphatic heterocycles. The summed E-state index contributed by atoms with van der Waals surface area (Å²) in [5, 5.41) is 17.2. The maximum Gasteiger partial charge on any atom is 0.332 e. The quantitative estimate of drug-likeness (QED) is 0.554. The van der Waals surface area contributed by atoms with Crippen molar-refractivity contribution < 1.29 is 24.5 Å². The molecule has 0 heterocycles. The smallest absolute Gasteiger partial charge is 0.332 e. The third-order valence-corrected chi connectivity index (χ3v) is 1.74. The summed E-state index contributed by atoms with van der Waals surface area (Å²) in [5.74, 6) is -0.657. The van der Waals surface area contributed by atoms with Crippen molar-refractivity contribution in [2.75, 3.05) is 26.4 Å². The van der Waals surface area contributed by atoms with Gasteiger partial charge >= 0.3 is 5.97 Å². The lowest BCUT2D eigenvalue weighted by atomic mass is 10.1. The van der Waals surface area contributed by atoms with Crippen LogP contribution < -0.4 is 0 Å². The van der Waals surface area contributed by atoms with Crippen LogP contribution >= 0.6 is 0 Å². The Kier molecular flexibility index (Phi) is 8.27. The van der Waals surface area contributed by atoms with Crippen molar-refractivity contribution in [3.05, 3.63) is 0 Å². The Bertz CT molecular complexity index is 169. The van der Waals surface area contributed by atoms with E-state index in [0.717, 1.165) is 0 Å². The summed E-state index contributed by atoms with van der Waals surface area (Å²) in [6.07, 6.45) is -0.266. The topological polar surface area (TPSA) is 76.0 Å². The number of aliphatic carboxylic acids is 1. The highest BCUT2D eigenvalue weighted by molar-refractivity contribution is 5.72. The maximum absolute atomic E-state index is 10.7. The molecule has 90 valence electrons. The monoisotopic (exact) mass is 220 g/mol. The molecule has 0 aliphatic rings. The zero-order valence-electron chi connectivity index (χ0n) is 9.31. The molecule has 0 saturated heterocycles. The molecular formula is C10H20O5. The second kappa shape index (κ2) is 8.64. The molecule has 0 radical (unpaired) electrons. The van der Waals surface area contributed by atoms with Crippen LogP contribution in [0.4, 0.5) is 0 Å². The minimum Gasteiger partial charge on any atom is -0.479 e. The average Bonchev–Trinajstić information content (AvgIpc) is 2.15. The Morgan fingerprint density at radius 3 is 2.40 bits per heavy atom. The van der Waals surface area contributed by atoms with Crippen molar-refractivity contribution in [1.82, 2.24) is 0 Å². The molecule has 1 unspecified atom stereocenters. The lowest BCUT2D eigenvalue weighted by Crippen LogP contribution is -2.27. The number of aliphatic hydroxyl groups excluding tert-OH is 1. The second-order valence-corrected chi connectivity index (χ2v) is 3.66. The van der Waals surface area contributed by atoms with Crippen molar-refractivity contribution in [2.45, 2.75) is 26.4 Å². The van der Waals surface area contributed by atoms with Gasteiger partial charge in [-0.1, -0.05) is 13.8 Å². The molecule has 0 aromatic heterocycles. The van der Waals surface area contributed by atoms with E-state index in [9.17, 15) is 4.79 Å². The zero-order valence-corrected chi connectivity index (χ0v) is 9.31. The van der Waals surface area contributed by atoms with Crippen LogP contribution in [0.1, 0.15) is 20.3 Å². The molecule has 0 fully saturated rings. The van der Waals surface area contributed by atoms with Gasteiger partial charge < -0.3 is 19.7 Å². The van der Waals surface area contributed by atoms with Gasteiger partial charge in [-0.2, -0.15) is 0 Å². The lowest BCUT2D eigenvalue weighted by Gasteiger charge is -2.15. The predicted molar refractivity (Wildman–Crippen MR) is 54.7 cm³/mol. The van der Waals surface area contributed by atoms with Crippen LogP contribution in [0.3, 0.4) is 0 Å². The standard InChI is InChI=1S/C10H20O5/c1-8(2)7-9(10(12)13)15-6-5-14-4-3-11/h8-9,11H,3-7H2,1-2H3,(H,12,13). The molecule has 0 bridgehead atoms. The van der Waals surface area contributed by atoms with E-state index in [0.29, 0.717) is 13.0 Å². The molecule has 1 atom stereocenters. The first-order valence-corrected chi connectivity index (χ1v) is 5.11. The molecule has 0 saturated carbocycles. The first kappa shape index (κ1) is 14.3. The van der Waals surface area contributed by atoms with Crippen LogP contribution in [0.2, 0.25) is 0 Å². The Labute approximate surface area is 90.0 Å². The maximum atomic E-state index is 10.7. The molecule has 0 spiro atoms. The van der Waals surface area contributed by atoms with Crippen LogP contribution in [-0.4, -0.2) is 48.7 Å². The Balaban J connectivity index is 3.62. The summed E-state index contributed by atoms with van der Waals surface area (Å²) in [6, 6.07) is 0. The zero-order chi connectivity index (χ0) is 11.7. The fraction of sp³-hybridized carbons (Fsp3) is 0.900. The van der Waals surface area contributed by atoms with Gasteiger partial charge in [0.1, 0.15) is 0 Å². The first-order chi connectivity index (χ1) is 7.07. The molecule has 0 rings (SSSR count). The summed E-state index contributed by atoms with van der Waals surface area (Å²) in [6.45, 7) is 4.66. The van der Waals surface area contributed by atoms with Gasteiger partial charge in [0, 0.05) is 0 Å². The van der Waals surface area contributed by atoms with Crippen molar-refractivity contribution in [3.8, 4) is 0 Å². The number of ether oxygens (including phenoxy) is 2. The van der Waals surface area contributed by atoms with Crippen LogP contribution in [0, 0.1) is 5.92 Å². The van der Waals surface area contributed by atoms with E-state index in [4.69, 9.17) is 19.7 Å². The Morgan fingerprint density at radius 2 is 1.93 bits per heavy atom. The van der Waals surface area contributed by atoms with Crippen molar-refractivity contribution in [3.63, 3.8) is 0 Å². The average molecular weight is 220 g/mol. The van der Waals surface area contributed by atoms with Crippen LogP contribution in [0.15, 0.2) is 0 Å². The third-order valence-electron chi connectivity index (χ3n) is 1.74. The van der Waals surface area contributed by atoms with Crippen molar-refractivity contribution in [1.29, 1.82) is 0 Å². The van der Waals surface area contributed by atoms with E-state index in [-0.39, 0.29) is 25.7 Å². The van der Waals surface area contributed by atoms with Crippen LogP contribution in [0.5, 0.6) is 0 Å². The lowest BCUT2D eigenvalue weighted by molar-refractivity contribution is -0.152. The first-order valence-electron chi connectivity index (χ1n) is 5.11. The molecular weight excluding hydrogens is 200 g/mol. The van der Waals surface area contributed by atoms with Crippen molar-refractivity contribution >= 4 is 5.97 Å². The fourth-order valence-electron chi connectivity index (χ4n) is 1.08. The van der Waals surface area contributed by atoms with Crippen LogP contribution in [-0.2, 0) is 14.3 Å². The van der Waals surface area contributed by atoms with Gasteiger partial charge in [0.25, 0.3) is 0 Å². The summed E-state index contributed by atoms with van der Waals surface area (Å²) < 4.78 is 10.1. The number of carboxylic acid groups (broad SMARTS) is 1. The molecule has 0 aliphatic carbocycles. The predicted octanol–water partition coefficient (Wildman–Crippen LogP) is 0.511. The summed E-state index contributed by atoms with van der Waals surface area (Å²) >= 11 is 0. The van der Waals surface area contributed by atoms with Gasteiger partial charge in [0.15, 0.2) is 6.10 Å². The number of hydrogen-bond donors (Lipinski definition) is 2. The molecule has 5 nitrogen and oxygen atoms in total. The van der Waals surface area contributed by atoms with Crippen LogP contribution in [0.25, 0.3) is 0 Å². The van der Waals surface area contributed by atoms with Crippen molar-refractivity contribution in [2.24, 2.45) is 5.92 Å². The van der Waals surface area contributed by atoms with Gasteiger partial charge in [-0.15, -0.1) is 0 Å². The normalized spacial score (nSPS) is 13.1. The Hall–Kier alpha value is -0.650. The highest BCUT2D eigenvalue weighted by Gasteiger charge is 2.18. The summed E-state index contributed by atoms with van der Waals surface area (Å²) in [4.78, 5) is 10.7. The van der Waals surface area contributed by atoms with Gasteiger partial charge in [-0.25, -0.2) is 4.79 Å². The molecule has 0 aromatic carbocycles. The Morgan fingerprint density at radius 1 is 1.27 bits per heavy atom. The van der Waals surface area contributed by atoms with E-state index in [1.54, 1.807) is 0 Å². The molecule has 2 N–H and O–H groups in total. The van der Waals surface area contributed by atoms with E-state index in [2.05, 4.69) is 0 Å². The largest absolute Gasteiger partial charge is 0.479 e. The highest BCUT2D eigenvalue weighted by Crippen LogP contribution is 2.08.